The Hall–Kier alpha value is -2.04. The summed E-state index contributed by atoms with van der Waals surface area (Å²) in [6.45, 7) is 7.79. The topological polar surface area (TPSA) is 66.8 Å². The molecule has 1 aliphatic carbocycles. The lowest BCUT2D eigenvalue weighted by atomic mass is 9.80. The van der Waals surface area contributed by atoms with E-state index in [0.29, 0.717) is 6.54 Å². The van der Waals surface area contributed by atoms with E-state index in [2.05, 4.69) is 0 Å². The van der Waals surface area contributed by atoms with Crippen LogP contribution < -0.4 is 0 Å². The zero-order valence-corrected chi connectivity index (χ0v) is 14.0. The summed E-state index contributed by atoms with van der Waals surface area (Å²) in [5.41, 5.74) is 2.21. The fourth-order valence-corrected chi connectivity index (χ4v) is 3.62. The molecule has 0 bridgehead atoms. The van der Waals surface area contributed by atoms with E-state index >= 15 is 0 Å². The van der Waals surface area contributed by atoms with Gasteiger partial charge in [-0.1, -0.05) is 18.2 Å². The Bertz CT molecular complexity index is 670. The molecule has 1 amide bonds. The molecule has 0 saturated heterocycles. The molecule has 3 rings (SSSR count). The van der Waals surface area contributed by atoms with Crippen LogP contribution in [0.5, 0.6) is 0 Å². The van der Waals surface area contributed by atoms with E-state index in [9.17, 15) is 14.7 Å². The third kappa shape index (κ3) is 2.69. The molecule has 1 aromatic carbocycles. The Morgan fingerprint density at radius 3 is 2.48 bits per heavy atom. The van der Waals surface area contributed by atoms with Crippen molar-refractivity contribution in [2.45, 2.75) is 57.6 Å². The van der Waals surface area contributed by atoms with E-state index < -0.39 is 23.7 Å². The van der Waals surface area contributed by atoms with Gasteiger partial charge < -0.3 is 9.84 Å². The van der Waals surface area contributed by atoms with Crippen molar-refractivity contribution in [3.05, 3.63) is 34.9 Å². The second-order valence-electron chi connectivity index (χ2n) is 7.67. The number of carboxylic acids is 1. The molecule has 1 saturated carbocycles. The maximum atomic E-state index is 12.6. The summed E-state index contributed by atoms with van der Waals surface area (Å²) in [7, 11) is 0. The number of aryl methyl sites for hydroxylation is 1. The molecule has 2 aliphatic rings. The van der Waals surface area contributed by atoms with Crippen LogP contribution in [-0.2, 0) is 14.9 Å². The number of rotatable bonds is 1. The number of hydrogen-bond donors (Lipinski definition) is 1. The number of aliphatic carboxylic acids is 1. The zero-order chi connectivity index (χ0) is 17.0. The molecular weight excluding hydrogens is 294 g/mol. The van der Waals surface area contributed by atoms with Gasteiger partial charge in [-0.05, 0) is 57.2 Å². The minimum atomic E-state index is -1.02. The van der Waals surface area contributed by atoms with Crippen LogP contribution in [0.4, 0.5) is 4.79 Å². The summed E-state index contributed by atoms with van der Waals surface area (Å²) < 4.78 is 5.45. The van der Waals surface area contributed by atoms with E-state index in [1.807, 2.05) is 25.1 Å². The lowest BCUT2D eigenvalue weighted by Gasteiger charge is -2.40. The molecule has 0 aromatic heterocycles. The smallest absolute Gasteiger partial charge is 0.411 e. The fraction of sp³-hybridized carbons (Fsp3) is 0.556. The number of carboxylic acid groups (broad SMARTS) is 1. The predicted molar refractivity (Wildman–Crippen MR) is 85.4 cm³/mol. The van der Waals surface area contributed by atoms with Crippen LogP contribution in [0.3, 0.4) is 0 Å². The van der Waals surface area contributed by atoms with Gasteiger partial charge in [-0.15, -0.1) is 0 Å². The van der Waals surface area contributed by atoms with E-state index in [-0.39, 0.29) is 5.41 Å². The lowest BCUT2D eigenvalue weighted by Crippen LogP contribution is -2.49. The fourth-order valence-electron chi connectivity index (χ4n) is 3.62. The molecule has 1 aliphatic heterocycles. The summed E-state index contributed by atoms with van der Waals surface area (Å²) in [5.74, 6) is -1.02. The van der Waals surface area contributed by atoms with Crippen molar-refractivity contribution < 1.29 is 19.4 Å². The molecular formula is C18H23NO4. The summed E-state index contributed by atoms with van der Waals surface area (Å²) in [4.78, 5) is 25.9. The maximum Gasteiger partial charge on any atom is 0.411 e. The average Bonchev–Trinajstić information content (AvgIpc) is 3.16. The largest absolute Gasteiger partial charge is 0.479 e. The van der Waals surface area contributed by atoms with Crippen LogP contribution in [0.25, 0.3) is 0 Å². The molecule has 1 unspecified atom stereocenters. The first-order valence-corrected chi connectivity index (χ1v) is 7.97. The first-order chi connectivity index (χ1) is 10.6. The Kier molecular flexibility index (Phi) is 3.43. The molecule has 1 fully saturated rings. The van der Waals surface area contributed by atoms with Crippen LogP contribution in [0.1, 0.15) is 56.3 Å². The van der Waals surface area contributed by atoms with Crippen molar-refractivity contribution in [3.63, 3.8) is 0 Å². The normalized spacial score (nSPS) is 21.7. The molecule has 1 heterocycles. The average molecular weight is 317 g/mol. The molecule has 1 atom stereocenters. The number of nitrogens with zero attached hydrogens (tertiary/aromatic N) is 1. The monoisotopic (exact) mass is 317 g/mol. The molecule has 1 N–H and O–H groups in total. The van der Waals surface area contributed by atoms with E-state index in [4.69, 9.17) is 4.74 Å². The van der Waals surface area contributed by atoms with Crippen molar-refractivity contribution in [2.24, 2.45) is 0 Å². The second-order valence-corrected chi connectivity index (χ2v) is 7.67. The van der Waals surface area contributed by atoms with E-state index in [1.54, 1.807) is 20.8 Å². The van der Waals surface area contributed by atoms with Gasteiger partial charge in [0.2, 0.25) is 0 Å². The van der Waals surface area contributed by atoms with Gasteiger partial charge >= 0.3 is 12.1 Å². The highest BCUT2D eigenvalue weighted by Crippen LogP contribution is 2.56. The zero-order valence-electron chi connectivity index (χ0n) is 14.0. The van der Waals surface area contributed by atoms with E-state index in [1.165, 1.54) is 4.90 Å². The number of carbonyl (C=O) groups excluding carboxylic acids is 1. The number of benzene rings is 1. The van der Waals surface area contributed by atoms with Crippen LogP contribution in [0, 0.1) is 6.92 Å². The maximum absolute atomic E-state index is 12.6. The van der Waals surface area contributed by atoms with Crippen LogP contribution in [0.15, 0.2) is 18.2 Å². The molecule has 1 aromatic rings. The van der Waals surface area contributed by atoms with Crippen LogP contribution in [0.2, 0.25) is 0 Å². The highest BCUT2D eigenvalue weighted by atomic mass is 16.6. The van der Waals surface area contributed by atoms with Gasteiger partial charge in [-0.25, -0.2) is 9.59 Å². The van der Waals surface area contributed by atoms with Gasteiger partial charge in [0.25, 0.3) is 0 Å². The molecule has 124 valence electrons. The third-order valence-electron chi connectivity index (χ3n) is 4.63. The Balaban J connectivity index is 2.06. The highest BCUT2D eigenvalue weighted by molar-refractivity contribution is 5.83. The first kappa shape index (κ1) is 15.8. The lowest BCUT2D eigenvalue weighted by molar-refractivity contribution is -0.144. The molecule has 5 nitrogen and oxygen atoms in total. The number of carbonyl (C=O) groups is 2. The number of ether oxygens (including phenoxy) is 1. The Labute approximate surface area is 136 Å². The van der Waals surface area contributed by atoms with Gasteiger partial charge in [0.05, 0.1) is 0 Å². The number of hydrogen-bond acceptors (Lipinski definition) is 3. The summed E-state index contributed by atoms with van der Waals surface area (Å²) >= 11 is 0. The van der Waals surface area contributed by atoms with Gasteiger partial charge in [0, 0.05) is 12.0 Å². The Morgan fingerprint density at radius 1 is 1.30 bits per heavy atom. The minimum Gasteiger partial charge on any atom is -0.479 e. The second kappa shape index (κ2) is 4.98. The van der Waals surface area contributed by atoms with Crippen LogP contribution >= 0.6 is 0 Å². The van der Waals surface area contributed by atoms with E-state index in [0.717, 1.165) is 29.5 Å². The minimum absolute atomic E-state index is 0.0937. The van der Waals surface area contributed by atoms with Crippen molar-refractivity contribution in [1.29, 1.82) is 0 Å². The molecule has 5 heteroatoms. The Morgan fingerprint density at radius 2 is 1.96 bits per heavy atom. The standard InChI is InChI=1S/C18H23NO4/c1-11-6-5-7-12-13(11)18(8-9-18)10-19(14(12)15(20)21)16(22)23-17(2,3)4/h5-7,14H,8-10H2,1-4H3,(H,20,21). The van der Waals surface area contributed by atoms with Crippen molar-refractivity contribution in [3.8, 4) is 0 Å². The highest BCUT2D eigenvalue weighted by Gasteiger charge is 2.55. The molecule has 23 heavy (non-hydrogen) atoms. The number of amides is 1. The summed E-state index contributed by atoms with van der Waals surface area (Å²) in [6.07, 6.45) is 1.41. The SMILES string of the molecule is Cc1cccc2c1C1(CC1)CN(C(=O)OC(C)(C)C)C2C(=O)O. The van der Waals surface area contributed by atoms with Crippen molar-refractivity contribution >= 4 is 12.1 Å². The van der Waals surface area contributed by atoms with Gasteiger partial charge in [0.1, 0.15) is 5.60 Å². The first-order valence-electron chi connectivity index (χ1n) is 7.97. The summed E-state index contributed by atoms with van der Waals surface area (Å²) in [6, 6.07) is 4.73. The number of fused-ring (bicyclic) bond motifs is 2. The van der Waals surface area contributed by atoms with Gasteiger partial charge in [0.15, 0.2) is 6.04 Å². The van der Waals surface area contributed by atoms with Crippen molar-refractivity contribution in [2.75, 3.05) is 6.54 Å². The predicted octanol–water partition coefficient (Wildman–Crippen LogP) is 3.40. The summed E-state index contributed by atoms with van der Waals surface area (Å²) in [5, 5.41) is 9.73. The van der Waals surface area contributed by atoms with Gasteiger partial charge in [-0.3, -0.25) is 4.90 Å². The molecule has 0 radical (unpaired) electrons. The van der Waals surface area contributed by atoms with Crippen LogP contribution in [-0.4, -0.2) is 34.2 Å². The quantitative estimate of drug-likeness (QED) is 0.862. The van der Waals surface area contributed by atoms with Gasteiger partial charge in [-0.2, -0.15) is 0 Å². The third-order valence-corrected chi connectivity index (χ3v) is 4.63. The van der Waals surface area contributed by atoms with Crippen molar-refractivity contribution in [1.82, 2.24) is 4.90 Å². The molecule has 1 spiro atoms.